The molecule has 0 saturated carbocycles. The van der Waals surface area contributed by atoms with E-state index in [4.69, 9.17) is 13.9 Å². The molecule has 4 rings (SSSR count). The molecule has 1 amide bonds. The molecule has 1 aliphatic rings. The Kier molecular flexibility index (Phi) is 8.01. The summed E-state index contributed by atoms with van der Waals surface area (Å²) in [7, 11) is 3.09. The standard InChI is InChI=1S/C28H25N3O5S/c1-17-25(27(33)31-21-7-4-5-8-23(21)35-3)26(24-9-6-14-36-24)20(15-29)28(30-17)37-16-22(32)18-10-12-19(34-2)13-11-18/h4-14,26,30H,16H2,1-3H3,(H,31,33)/t26-/m1/s1. The Morgan fingerprint density at radius 2 is 1.84 bits per heavy atom. The number of nitrogens with zero attached hydrogens (tertiary/aromatic N) is 1. The molecule has 1 aromatic heterocycles. The molecule has 8 nitrogen and oxygen atoms in total. The predicted octanol–water partition coefficient (Wildman–Crippen LogP) is 5.25. The van der Waals surface area contributed by atoms with Crippen molar-refractivity contribution in [2.45, 2.75) is 12.8 Å². The number of ketones is 1. The predicted molar refractivity (Wildman–Crippen MR) is 141 cm³/mol. The van der Waals surface area contributed by atoms with E-state index < -0.39 is 11.8 Å². The van der Waals surface area contributed by atoms with Crippen LogP contribution in [0.1, 0.15) is 29.0 Å². The van der Waals surface area contributed by atoms with Crippen LogP contribution >= 0.6 is 11.8 Å². The van der Waals surface area contributed by atoms with Crippen LogP contribution in [0.5, 0.6) is 11.5 Å². The summed E-state index contributed by atoms with van der Waals surface area (Å²) in [5, 5.41) is 16.7. The van der Waals surface area contributed by atoms with Crippen molar-refractivity contribution in [1.29, 1.82) is 5.26 Å². The van der Waals surface area contributed by atoms with E-state index in [9.17, 15) is 14.9 Å². The quantitative estimate of drug-likeness (QED) is 0.372. The SMILES string of the molecule is COc1ccc(C(=O)CSC2=C(C#N)[C@H](c3ccco3)C(C(=O)Nc3ccccc3OC)=C(C)N2)cc1. The summed E-state index contributed by atoms with van der Waals surface area (Å²) in [5.74, 6) is 0.458. The highest BCUT2D eigenvalue weighted by atomic mass is 32.2. The minimum atomic E-state index is -0.755. The first kappa shape index (κ1) is 25.7. The highest BCUT2D eigenvalue weighted by Gasteiger charge is 2.36. The first-order valence-corrected chi connectivity index (χ1v) is 12.3. The van der Waals surface area contributed by atoms with Crippen molar-refractivity contribution in [1.82, 2.24) is 5.32 Å². The van der Waals surface area contributed by atoms with E-state index in [2.05, 4.69) is 16.7 Å². The van der Waals surface area contributed by atoms with Gasteiger partial charge in [-0.05, 0) is 55.5 Å². The minimum absolute atomic E-state index is 0.0980. The van der Waals surface area contributed by atoms with Crippen molar-refractivity contribution in [2.24, 2.45) is 0 Å². The number of amides is 1. The molecule has 188 valence electrons. The van der Waals surface area contributed by atoms with E-state index in [1.165, 1.54) is 25.1 Å². The Hall–Kier alpha value is -4.42. The summed E-state index contributed by atoms with van der Waals surface area (Å²) < 4.78 is 16.2. The first-order chi connectivity index (χ1) is 18.0. The van der Waals surface area contributed by atoms with Crippen LogP contribution in [0.2, 0.25) is 0 Å². The number of Topliss-reactive ketones (excluding diaryl/α,β-unsaturated/α-hetero) is 1. The summed E-state index contributed by atoms with van der Waals surface area (Å²) >= 11 is 1.21. The lowest BCUT2D eigenvalue weighted by Gasteiger charge is -2.28. The third-order valence-corrected chi connectivity index (χ3v) is 6.85. The molecule has 2 aromatic carbocycles. The molecule has 3 aromatic rings. The molecule has 1 atom stereocenters. The molecule has 0 radical (unpaired) electrons. The Labute approximate surface area is 218 Å². The highest BCUT2D eigenvalue weighted by Crippen LogP contribution is 2.41. The number of nitrogens with one attached hydrogen (secondary N) is 2. The summed E-state index contributed by atoms with van der Waals surface area (Å²) in [6, 6.07) is 19.6. The number of furan rings is 1. The highest BCUT2D eigenvalue weighted by molar-refractivity contribution is 8.03. The molecule has 0 unspecified atom stereocenters. The maximum Gasteiger partial charge on any atom is 0.254 e. The number of hydrogen-bond donors (Lipinski definition) is 2. The van der Waals surface area contributed by atoms with Gasteiger partial charge in [-0.3, -0.25) is 9.59 Å². The fourth-order valence-electron chi connectivity index (χ4n) is 4.00. The zero-order valence-corrected chi connectivity index (χ0v) is 21.3. The molecular formula is C28H25N3O5S. The van der Waals surface area contributed by atoms with Crippen LogP contribution in [0, 0.1) is 11.3 Å². The number of rotatable bonds is 9. The van der Waals surface area contributed by atoms with Gasteiger partial charge in [-0.15, -0.1) is 0 Å². The zero-order chi connectivity index (χ0) is 26.4. The van der Waals surface area contributed by atoms with Crippen LogP contribution in [0.15, 0.2) is 93.2 Å². The second-order valence-corrected chi connectivity index (χ2v) is 9.05. The van der Waals surface area contributed by atoms with E-state index in [0.717, 1.165) is 0 Å². The summed E-state index contributed by atoms with van der Waals surface area (Å²) in [6.45, 7) is 1.76. The largest absolute Gasteiger partial charge is 0.497 e. The van der Waals surface area contributed by atoms with Crippen LogP contribution in [-0.2, 0) is 4.79 Å². The Morgan fingerprint density at radius 1 is 1.08 bits per heavy atom. The molecule has 0 fully saturated rings. The molecular weight excluding hydrogens is 490 g/mol. The molecule has 9 heteroatoms. The van der Waals surface area contributed by atoms with E-state index in [-0.39, 0.29) is 11.5 Å². The number of carbonyl (C=O) groups is 2. The monoisotopic (exact) mass is 515 g/mol. The Morgan fingerprint density at radius 3 is 2.49 bits per heavy atom. The number of hydrogen-bond acceptors (Lipinski definition) is 8. The molecule has 2 N–H and O–H groups in total. The zero-order valence-electron chi connectivity index (χ0n) is 20.5. The second kappa shape index (κ2) is 11.5. The van der Waals surface area contributed by atoms with Gasteiger partial charge in [-0.1, -0.05) is 23.9 Å². The number of dihydropyridines is 1. The van der Waals surface area contributed by atoms with Gasteiger partial charge in [0.05, 0.1) is 60.1 Å². The van der Waals surface area contributed by atoms with Crippen molar-refractivity contribution in [3.8, 4) is 17.6 Å². The first-order valence-electron chi connectivity index (χ1n) is 11.4. The van der Waals surface area contributed by atoms with Gasteiger partial charge >= 0.3 is 0 Å². The van der Waals surface area contributed by atoms with E-state index >= 15 is 0 Å². The smallest absolute Gasteiger partial charge is 0.254 e. The number of ether oxygens (including phenoxy) is 2. The van der Waals surface area contributed by atoms with Gasteiger partial charge in [-0.2, -0.15) is 5.26 Å². The van der Waals surface area contributed by atoms with Gasteiger partial charge in [0.25, 0.3) is 5.91 Å². The van der Waals surface area contributed by atoms with Crippen LogP contribution < -0.4 is 20.1 Å². The molecule has 37 heavy (non-hydrogen) atoms. The van der Waals surface area contributed by atoms with Gasteiger partial charge in [0.15, 0.2) is 5.78 Å². The number of allylic oxidation sites excluding steroid dienone is 2. The fraction of sp³-hybridized carbons (Fsp3) is 0.179. The van der Waals surface area contributed by atoms with Gasteiger partial charge in [0, 0.05) is 11.3 Å². The van der Waals surface area contributed by atoms with Gasteiger partial charge in [0.1, 0.15) is 17.3 Å². The normalized spacial score (nSPS) is 15.0. The summed E-state index contributed by atoms with van der Waals surface area (Å²) in [6.07, 6.45) is 1.50. The Bertz CT molecular complexity index is 1400. The number of nitriles is 1. The fourth-order valence-corrected chi connectivity index (χ4v) is 4.99. The van der Waals surface area contributed by atoms with Crippen molar-refractivity contribution in [3.05, 3.63) is 100 Å². The molecule has 0 saturated heterocycles. The number of benzene rings is 2. The number of methoxy groups -OCH3 is 2. The lowest BCUT2D eigenvalue weighted by atomic mass is 9.85. The number of carbonyl (C=O) groups excluding carboxylic acids is 2. The van der Waals surface area contributed by atoms with Crippen LogP contribution in [0.3, 0.4) is 0 Å². The molecule has 0 spiro atoms. The summed E-state index contributed by atoms with van der Waals surface area (Å²) in [4.78, 5) is 26.3. The van der Waals surface area contributed by atoms with Crippen molar-refractivity contribution < 1.29 is 23.5 Å². The van der Waals surface area contributed by atoms with E-state index in [1.54, 1.807) is 74.7 Å². The maximum atomic E-state index is 13.5. The molecule has 1 aliphatic heterocycles. The third-order valence-electron chi connectivity index (χ3n) is 5.83. The van der Waals surface area contributed by atoms with Crippen molar-refractivity contribution in [2.75, 3.05) is 25.3 Å². The van der Waals surface area contributed by atoms with Gasteiger partial charge in [0.2, 0.25) is 0 Å². The van der Waals surface area contributed by atoms with Crippen LogP contribution in [0.4, 0.5) is 5.69 Å². The number of para-hydroxylation sites is 2. The summed E-state index contributed by atoms with van der Waals surface area (Å²) in [5.41, 5.74) is 2.21. The minimum Gasteiger partial charge on any atom is -0.497 e. The topological polar surface area (TPSA) is 114 Å². The van der Waals surface area contributed by atoms with E-state index in [1.807, 2.05) is 0 Å². The molecule has 0 bridgehead atoms. The number of thioether (sulfide) groups is 1. The average Bonchev–Trinajstić information content (AvgIpc) is 3.46. The second-order valence-electron chi connectivity index (χ2n) is 8.06. The average molecular weight is 516 g/mol. The van der Waals surface area contributed by atoms with Gasteiger partial charge in [-0.25, -0.2) is 0 Å². The lowest BCUT2D eigenvalue weighted by Crippen LogP contribution is -2.30. The molecule has 0 aliphatic carbocycles. The van der Waals surface area contributed by atoms with E-state index in [0.29, 0.717) is 50.4 Å². The van der Waals surface area contributed by atoms with Crippen LogP contribution in [-0.4, -0.2) is 31.7 Å². The van der Waals surface area contributed by atoms with Gasteiger partial charge < -0.3 is 24.5 Å². The van der Waals surface area contributed by atoms with Crippen molar-refractivity contribution in [3.63, 3.8) is 0 Å². The Balaban J connectivity index is 1.62. The lowest BCUT2D eigenvalue weighted by molar-refractivity contribution is -0.113. The third kappa shape index (κ3) is 5.55. The van der Waals surface area contributed by atoms with Crippen molar-refractivity contribution >= 4 is 29.1 Å². The number of anilines is 1. The molecule has 2 heterocycles. The maximum absolute atomic E-state index is 13.5. The van der Waals surface area contributed by atoms with Crippen LogP contribution in [0.25, 0.3) is 0 Å².